The molecule has 0 rings (SSSR count). The van der Waals surface area contributed by atoms with Crippen LogP contribution in [0.3, 0.4) is 0 Å². The quantitative estimate of drug-likeness (QED) is 0.230. The molecule has 24 heavy (non-hydrogen) atoms. The molecule has 0 radical (unpaired) electrons. The Balaban J connectivity index is 4.53. The first-order chi connectivity index (χ1) is 11.6. The summed E-state index contributed by atoms with van der Waals surface area (Å²) in [6.45, 7) is 8.29. The van der Waals surface area contributed by atoms with Crippen molar-refractivity contribution in [3.05, 3.63) is 0 Å². The summed E-state index contributed by atoms with van der Waals surface area (Å²) >= 11 is 0. The standard InChI is InChI=1S/C23H49N/c1-6-9-13-18-23(19-14-10-7-2,20-15-11-8-3)21-16-12-17-22-24(4)5/h6-22H2,1-5H3. The van der Waals surface area contributed by atoms with Crippen LogP contribution >= 0.6 is 0 Å². The van der Waals surface area contributed by atoms with E-state index in [0.29, 0.717) is 5.41 Å². The van der Waals surface area contributed by atoms with Crippen LogP contribution in [0, 0.1) is 5.41 Å². The third-order valence-corrected chi connectivity index (χ3v) is 5.74. The molecule has 0 N–H and O–H groups in total. The molecule has 0 unspecified atom stereocenters. The minimum atomic E-state index is 0.678. The molecule has 0 amide bonds. The van der Waals surface area contributed by atoms with Gasteiger partial charge in [0.15, 0.2) is 0 Å². The van der Waals surface area contributed by atoms with Crippen molar-refractivity contribution in [2.24, 2.45) is 5.41 Å². The maximum Gasteiger partial charge on any atom is -0.00248 e. The Hall–Kier alpha value is -0.0400. The molecule has 146 valence electrons. The first-order valence-corrected chi connectivity index (χ1v) is 11.2. The molecule has 0 saturated heterocycles. The molecule has 0 bridgehead atoms. The number of hydrogen-bond acceptors (Lipinski definition) is 1. The van der Waals surface area contributed by atoms with E-state index in [9.17, 15) is 0 Å². The summed E-state index contributed by atoms with van der Waals surface area (Å²) in [6, 6.07) is 0. The van der Waals surface area contributed by atoms with Crippen molar-refractivity contribution in [2.75, 3.05) is 20.6 Å². The smallest absolute Gasteiger partial charge is 0.00248 e. The van der Waals surface area contributed by atoms with Gasteiger partial charge in [0.25, 0.3) is 0 Å². The highest BCUT2D eigenvalue weighted by Crippen LogP contribution is 2.41. The second kappa shape index (κ2) is 16.4. The largest absolute Gasteiger partial charge is 0.309 e. The van der Waals surface area contributed by atoms with E-state index in [2.05, 4.69) is 39.8 Å². The lowest BCUT2D eigenvalue weighted by molar-refractivity contribution is 0.172. The maximum absolute atomic E-state index is 2.34. The van der Waals surface area contributed by atoms with Gasteiger partial charge >= 0.3 is 0 Å². The van der Waals surface area contributed by atoms with E-state index in [1.807, 2.05) is 0 Å². The molecule has 0 aromatic carbocycles. The zero-order chi connectivity index (χ0) is 18.1. The van der Waals surface area contributed by atoms with Gasteiger partial charge in [0.05, 0.1) is 0 Å². The third-order valence-electron chi connectivity index (χ3n) is 5.74. The molecular weight excluding hydrogens is 290 g/mol. The van der Waals surface area contributed by atoms with E-state index in [1.54, 1.807) is 0 Å². The first kappa shape index (κ1) is 24.0. The van der Waals surface area contributed by atoms with Crippen molar-refractivity contribution in [3.8, 4) is 0 Å². The van der Waals surface area contributed by atoms with Crippen molar-refractivity contribution in [1.82, 2.24) is 4.90 Å². The lowest BCUT2D eigenvalue weighted by Crippen LogP contribution is -2.22. The lowest BCUT2D eigenvalue weighted by Gasteiger charge is -2.35. The fraction of sp³-hybridized carbons (Fsp3) is 1.00. The van der Waals surface area contributed by atoms with Gasteiger partial charge in [0, 0.05) is 0 Å². The predicted molar refractivity (Wildman–Crippen MR) is 112 cm³/mol. The molecule has 1 nitrogen and oxygen atoms in total. The molecule has 0 atom stereocenters. The normalized spacial score (nSPS) is 12.2. The van der Waals surface area contributed by atoms with E-state index < -0.39 is 0 Å². The number of rotatable bonds is 18. The molecule has 0 aliphatic heterocycles. The molecule has 0 aromatic rings. The van der Waals surface area contributed by atoms with Gasteiger partial charge in [0.2, 0.25) is 0 Å². The highest BCUT2D eigenvalue weighted by molar-refractivity contribution is 4.80. The van der Waals surface area contributed by atoms with Gasteiger partial charge in [-0.05, 0) is 58.2 Å². The highest BCUT2D eigenvalue weighted by Gasteiger charge is 2.27. The number of hydrogen-bond donors (Lipinski definition) is 0. The predicted octanol–water partition coefficient (Wildman–Crippen LogP) is 7.84. The Kier molecular flexibility index (Phi) is 16.4. The molecule has 0 spiro atoms. The molecular formula is C23H49N. The first-order valence-electron chi connectivity index (χ1n) is 11.2. The van der Waals surface area contributed by atoms with Crippen molar-refractivity contribution < 1.29 is 0 Å². The monoisotopic (exact) mass is 339 g/mol. The minimum absolute atomic E-state index is 0.678. The fourth-order valence-corrected chi connectivity index (χ4v) is 4.10. The fourth-order valence-electron chi connectivity index (χ4n) is 4.10. The van der Waals surface area contributed by atoms with Crippen molar-refractivity contribution >= 4 is 0 Å². The summed E-state index contributed by atoms with van der Waals surface area (Å²) in [5.41, 5.74) is 0.678. The van der Waals surface area contributed by atoms with Crippen LogP contribution in [-0.4, -0.2) is 25.5 Å². The van der Waals surface area contributed by atoms with Crippen LogP contribution in [0.25, 0.3) is 0 Å². The Morgan fingerprint density at radius 2 is 0.875 bits per heavy atom. The van der Waals surface area contributed by atoms with Crippen molar-refractivity contribution in [2.45, 2.75) is 124 Å². The highest BCUT2D eigenvalue weighted by atomic mass is 15.0. The SMILES string of the molecule is CCCCCC(CCCCC)(CCCCC)CCCCCN(C)C. The molecule has 0 aliphatic rings. The van der Waals surface area contributed by atoms with E-state index in [1.165, 1.54) is 109 Å². The second-order valence-electron chi connectivity index (χ2n) is 8.49. The summed E-state index contributed by atoms with van der Waals surface area (Å²) in [7, 11) is 4.40. The molecule has 1 heteroatoms. The summed E-state index contributed by atoms with van der Waals surface area (Å²) < 4.78 is 0. The van der Waals surface area contributed by atoms with Crippen LogP contribution in [0.1, 0.15) is 124 Å². The summed E-state index contributed by atoms with van der Waals surface area (Å²) in [6.07, 6.45) is 23.1. The van der Waals surface area contributed by atoms with Crippen molar-refractivity contribution in [1.29, 1.82) is 0 Å². The van der Waals surface area contributed by atoms with Gasteiger partial charge in [0.1, 0.15) is 0 Å². The van der Waals surface area contributed by atoms with E-state index in [-0.39, 0.29) is 0 Å². The molecule has 0 aromatic heterocycles. The Morgan fingerprint density at radius 1 is 0.500 bits per heavy atom. The molecule has 0 aliphatic carbocycles. The summed E-state index contributed by atoms with van der Waals surface area (Å²) in [5.74, 6) is 0. The van der Waals surface area contributed by atoms with Gasteiger partial charge in [-0.15, -0.1) is 0 Å². The van der Waals surface area contributed by atoms with Gasteiger partial charge in [-0.3, -0.25) is 0 Å². The van der Waals surface area contributed by atoms with Crippen LogP contribution in [0.15, 0.2) is 0 Å². The third kappa shape index (κ3) is 13.3. The van der Waals surface area contributed by atoms with E-state index >= 15 is 0 Å². The molecule has 0 fully saturated rings. The van der Waals surface area contributed by atoms with E-state index in [4.69, 9.17) is 0 Å². The number of unbranched alkanes of at least 4 members (excludes halogenated alkanes) is 8. The van der Waals surface area contributed by atoms with Crippen LogP contribution in [0.2, 0.25) is 0 Å². The lowest BCUT2D eigenvalue weighted by atomic mass is 9.70. The second-order valence-corrected chi connectivity index (χ2v) is 8.49. The van der Waals surface area contributed by atoms with Crippen LogP contribution in [-0.2, 0) is 0 Å². The zero-order valence-electron chi connectivity index (χ0n) is 18.0. The number of nitrogens with zero attached hydrogens (tertiary/aromatic N) is 1. The maximum atomic E-state index is 2.34. The van der Waals surface area contributed by atoms with Gasteiger partial charge < -0.3 is 4.90 Å². The average molecular weight is 340 g/mol. The zero-order valence-corrected chi connectivity index (χ0v) is 18.0. The van der Waals surface area contributed by atoms with Crippen LogP contribution in [0.5, 0.6) is 0 Å². The molecule has 0 saturated carbocycles. The summed E-state index contributed by atoms with van der Waals surface area (Å²) in [4.78, 5) is 2.33. The Labute approximate surface area is 155 Å². The topological polar surface area (TPSA) is 3.24 Å². The van der Waals surface area contributed by atoms with Gasteiger partial charge in [-0.2, -0.15) is 0 Å². The van der Waals surface area contributed by atoms with Gasteiger partial charge in [-0.1, -0.05) is 91.4 Å². The van der Waals surface area contributed by atoms with Crippen molar-refractivity contribution in [3.63, 3.8) is 0 Å². The van der Waals surface area contributed by atoms with E-state index in [0.717, 1.165) is 0 Å². The summed E-state index contributed by atoms with van der Waals surface area (Å²) in [5, 5.41) is 0. The van der Waals surface area contributed by atoms with Crippen LogP contribution in [0.4, 0.5) is 0 Å². The minimum Gasteiger partial charge on any atom is -0.309 e. The Morgan fingerprint density at radius 3 is 1.21 bits per heavy atom. The average Bonchev–Trinajstić information content (AvgIpc) is 2.55. The Bertz CT molecular complexity index is 220. The molecule has 0 heterocycles. The van der Waals surface area contributed by atoms with Gasteiger partial charge in [-0.25, -0.2) is 0 Å². The van der Waals surface area contributed by atoms with Crippen LogP contribution < -0.4 is 0 Å².